The summed E-state index contributed by atoms with van der Waals surface area (Å²) in [6, 6.07) is 4.91. The van der Waals surface area contributed by atoms with E-state index in [9.17, 15) is 24.0 Å². The molecule has 1 aliphatic heterocycles. The van der Waals surface area contributed by atoms with Gasteiger partial charge in [-0.05, 0) is 42.9 Å². The number of benzene rings is 1. The van der Waals surface area contributed by atoms with Crippen LogP contribution in [0.1, 0.15) is 52.5 Å². The van der Waals surface area contributed by atoms with Crippen molar-refractivity contribution in [1.82, 2.24) is 16.0 Å². The van der Waals surface area contributed by atoms with Crippen LogP contribution in [0.2, 0.25) is 5.02 Å². The summed E-state index contributed by atoms with van der Waals surface area (Å²) in [4.78, 5) is 61.5. The summed E-state index contributed by atoms with van der Waals surface area (Å²) < 4.78 is 5.41. The molecule has 2 rings (SSSR count). The van der Waals surface area contributed by atoms with E-state index in [1.165, 1.54) is 0 Å². The van der Waals surface area contributed by atoms with E-state index in [1.54, 1.807) is 12.1 Å². The van der Waals surface area contributed by atoms with Crippen LogP contribution in [0.15, 0.2) is 24.3 Å². The molecule has 5 N–H and O–H groups in total. The number of alkyl carbamates (subject to hydrolysis) is 1. The topological polar surface area (TPSA) is 157 Å². The molecule has 0 spiro atoms. The van der Waals surface area contributed by atoms with Crippen LogP contribution in [0.5, 0.6) is 0 Å². The molecule has 0 aromatic heterocycles. The summed E-state index contributed by atoms with van der Waals surface area (Å²) >= 11 is 6.07. The Kier molecular flexibility index (Phi) is 10.3. The number of ether oxygens (including phenoxy) is 1. The Labute approximate surface area is 216 Å². The first-order chi connectivity index (χ1) is 16.8. The number of carbonyl (C=O) groups is 5. The fourth-order valence-electron chi connectivity index (χ4n) is 3.96. The standard InChI is InChI=1S/C25H35ClN4O6/c1-14(2)10-19(30-24(35)36-13-25(3,4)16-6-5-7-17(26)12-16)23(34)29-18(20(31)21(27)32)11-15-8-9-28-22(15)33/h5-7,12,14-15,18-19H,8-11,13H2,1-4H3,(H2,27,32)(H,28,33)(H,29,34)(H,30,35)/t15-,18-,19-/m0/s1. The van der Waals surface area contributed by atoms with E-state index in [-0.39, 0.29) is 31.3 Å². The average Bonchev–Trinajstić information content (AvgIpc) is 3.20. The van der Waals surface area contributed by atoms with Gasteiger partial charge in [-0.15, -0.1) is 0 Å². The van der Waals surface area contributed by atoms with Gasteiger partial charge >= 0.3 is 6.09 Å². The predicted molar refractivity (Wildman–Crippen MR) is 134 cm³/mol. The maximum atomic E-state index is 13.1. The van der Waals surface area contributed by atoms with Crippen LogP contribution in [-0.2, 0) is 29.3 Å². The minimum absolute atomic E-state index is 0.00912. The van der Waals surface area contributed by atoms with Crippen molar-refractivity contribution in [3.63, 3.8) is 0 Å². The molecule has 11 heteroatoms. The number of amides is 4. The number of halogens is 1. The Bertz CT molecular complexity index is 997. The molecule has 1 aliphatic rings. The number of nitrogens with one attached hydrogen (secondary N) is 3. The van der Waals surface area contributed by atoms with Crippen LogP contribution in [0.25, 0.3) is 0 Å². The second-order valence-corrected chi connectivity index (χ2v) is 10.5. The molecule has 36 heavy (non-hydrogen) atoms. The van der Waals surface area contributed by atoms with Crippen molar-refractivity contribution in [1.29, 1.82) is 0 Å². The van der Waals surface area contributed by atoms with Crippen LogP contribution in [0.4, 0.5) is 4.79 Å². The van der Waals surface area contributed by atoms with E-state index in [1.807, 2.05) is 39.8 Å². The molecule has 10 nitrogen and oxygen atoms in total. The van der Waals surface area contributed by atoms with Crippen LogP contribution in [0, 0.1) is 11.8 Å². The Morgan fingerprint density at radius 2 is 1.89 bits per heavy atom. The molecule has 3 atom stereocenters. The summed E-state index contributed by atoms with van der Waals surface area (Å²) in [6.07, 6.45) is -0.148. The van der Waals surface area contributed by atoms with Crippen molar-refractivity contribution in [2.24, 2.45) is 17.6 Å². The molecule has 1 saturated heterocycles. The van der Waals surface area contributed by atoms with Crippen molar-refractivity contribution in [2.75, 3.05) is 13.2 Å². The SMILES string of the molecule is CC(C)C[C@H](NC(=O)OCC(C)(C)c1cccc(Cl)c1)C(=O)N[C@@H](C[C@@H]1CCNC1=O)C(=O)C(N)=O. The van der Waals surface area contributed by atoms with E-state index in [0.29, 0.717) is 18.0 Å². The lowest BCUT2D eigenvalue weighted by molar-refractivity contribution is -0.139. The molecule has 1 aromatic carbocycles. The molecule has 1 heterocycles. The monoisotopic (exact) mass is 522 g/mol. The second kappa shape index (κ2) is 12.7. The maximum absolute atomic E-state index is 13.1. The summed E-state index contributed by atoms with van der Waals surface area (Å²) in [7, 11) is 0. The second-order valence-electron chi connectivity index (χ2n) is 10.1. The third-order valence-corrected chi connectivity index (χ3v) is 6.28. The van der Waals surface area contributed by atoms with Gasteiger partial charge in [0.25, 0.3) is 5.91 Å². The van der Waals surface area contributed by atoms with Crippen LogP contribution in [0.3, 0.4) is 0 Å². The first kappa shape index (κ1) is 29.1. The van der Waals surface area contributed by atoms with Crippen LogP contribution in [-0.4, -0.2) is 54.8 Å². The molecule has 0 bridgehead atoms. The molecule has 0 aliphatic carbocycles. The van der Waals surface area contributed by atoms with Gasteiger partial charge in [0.05, 0.1) is 6.04 Å². The summed E-state index contributed by atoms with van der Waals surface area (Å²) in [6.45, 7) is 7.99. The van der Waals surface area contributed by atoms with Crippen LogP contribution >= 0.6 is 11.6 Å². The largest absolute Gasteiger partial charge is 0.449 e. The molecule has 1 fully saturated rings. The van der Waals surface area contributed by atoms with Crippen molar-refractivity contribution in [3.8, 4) is 0 Å². The predicted octanol–water partition coefficient (Wildman–Crippen LogP) is 1.82. The number of ketones is 1. The van der Waals surface area contributed by atoms with Crippen molar-refractivity contribution >= 4 is 41.2 Å². The normalized spacial score (nSPS) is 17.2. The number of primary amides is 1. The molecular weight excluding hydrogens is 488 g/mol. The minimum atomic E-state index is -1.28. The van der Waals surface area contributed by atoms with Gasteiger partial charge in [-0.2, -0.15) is 0 Å². The first-order valence-corrected chi connectivity index (χ1v) is 12.3. The number of hydrogen-bond donors (Lipinski definition) is 4. The Morgan fingerprint density at radius 1 is 1.19 bits per heavy atom. The third-order valence-electron chi connectivity index (χ3n) is 6.04. The fraction of sp³-hybridized carbons (Fsp3) is 0.560. The van der Waals surface area contributed by atoms with Gasteiger partial charge in [-0.1, -0.05) is 51.4 Å². The summed E-state index contributed by atoms with van der Waals surface area (Å²) in [5.41, 5.74) is 5.49. The number of nitrogens with two attached hydrogens (primary N) is 1. The number of hydrogen-bond acceptors (Lipinski definition) is 6. The van der Waals surface area contributed by atoms with E-state index in [0.717, 1.165) is 5.56 Å². The van der Waals surface area contributed by atoms with Gasteiger partial charge < -0.3 is 26.4 Å². The summed E-state index contributed by atoms with van der Waals surface area (Å²) in [5.74, 6) is -3.67. The van der Waals surface area contributed by atoms with E-state index in [4.69, 9.17) is 22.1 Å². The Balaban J connectivity index is 2.07. The zero-order chi connectivity index (χ0) is 27.0. The lowest BCUT2D eigenvalue weighted by Gasteiger charge is -2.27. The number of Topliss-reactive ketones (excluding diaryl/α,β-unsaturated/α-hetero) is 1. The highest BCUT2D eigenvalue weighted by Gasteiger charge is 2.35. The average molecular weight is 523 g/mol. The molecule has 4 amide bonds. The van der Waals surface area contributed by atoms with Gasteiger partial charge in [-0.3, -0.25) is 19.2 Å². The highest BCUT2D eigenvalue weighted by molar-refractivity contribution is 6.38. The van der Waals surface area contributed by atoms with Crippen molar-refractivity contribution < 1.29 is 28.7 Å². The van der Waals surface area contributed by atoms with Crippen molar-refractivity contribution in [3.05, 3.63) is 34.9 Å². The van der Waals surface area contributed by atoms with Crippen LogP contribution < -0.4 is 21.7 Å². The highest BCUT2D eigenvalue weighted by Crippen LogP contribution is 2.26. The molecule has 1 aromatic rings. The van der Waals surface area contributed by atoms with Gasteiger partial charge in [-0.25, -0.2) is 4.79 Å². The first-order valence-electron chi connectivity index (χ1n) is 11.9. The maximum Gasteiger partial charge on any atom is 0.407 e. The van der Waals surface area contributed by atoms with Gasteiger partial charge in [0, 0.05) is 22.9 Å². The minimum Gasteiger partial charge on any atom is -0.449 e. The molecular formula is C25H35ClN4O6. The lowest BCUT2D eigenvalue weighted by Crippen LogP contribution is -2.54. The van der Waals surface area contributed by atoms with E-state index in [2.05, 4.69) is 16.0 Å². The van der Waals surface area contributed by atoms with Gasteiger partial charge in [0.1, 0.15) is 12.6 Å². The number of carbonyl (C=O) groups excluding carboxylic acids is 5. The molecule has 0 radical (unpaired) electrons. The van der Waals surface area contributed by atoms with Gasteiger partial charge in [0.2, 0.25) is 17.6 Å². The zero-order valence-corrected chi connectivity index (χ0v) is 21.8. The molecule has 0 saturated carbocycles. The smallest absolute Gasteiger partial charge is 0.407 e. The Hall–Kier alpha value is -3.14. The fourth-order valence-corrected chi connectivity index (χ4v) is 4.15. The summed E-state index contributed by atoms with van der Waals surface area (Å²) in [5, 5.41) is 8.28. The number of rotatable bonds is 12. The third kappa shape index (κ3) is 8.51. The van der Waals surface area contributed by atoms with Crippen molar-refractivity contribution in [2.45, 2.75) is 64.5 Å². The van der Waals surface area contributed by atoms with E-state index >= 15 is 0 Å². The highest BCUT2D eigenvalue weighted by atomic mass is 35.5. The molecule has 0 unspecified atom stereocenters. The lowest BCUT2D eigenvalue weighted by atomic mass is 9.86. The Morgan fingerprint density at radius 3 is 2.44 bits per heavy atom. The molecule has 198 valence electrons. The zero-order valence-electron chi connectivity index (χ0n) is 21.1. The quantitative estimate of drug-likeness (QED) is 0.307. The van der Waals surface area contributed by atoms with E-state index < -0.39 is 47.1 Å². The van der Waals surface area contributed by atoms with Gasteiger partial charge in [0.15, 0.2) is 0 Å².